The Labute approximate surface area is 127 Å². The molecule has 116 valence electrons. The van der Waals surface area contributed by atoms with Gasteiger partial charge >= 0.3 is 0 Å². The van der Waals surface area contributed by atoms with E-state index in [1.807, 2.05) is 13.8 Å². The molecule has 0 aromatic carbocycles. The molecule has 0 aliphatic heterocycles. The molecule has 1 fully saturated rings. The standard InChI is InChI=1S/C13H21N5O2S/c1-3-15-9(19)7-18(4-2)12(20)10-11(14)17-13(21-10)16-8-5-6-8/h8H,3-7,14H2,1-2H3,(H,15,19)(H,16,17). The largest absolute Gasteiger partial charge is 0.382 e. The van der Waals surface area contributed by atoms with Crippen molar-refractivity contribution in [2.45, 2.75) is 32.7 Å². The molecule has 7 nitrogen and oxygen atoms in total. The first-order valence-electron chi connectivity index (χ1n) is 7.13. The number of hydrogen-bond donors (Lipinski definition) is 3. The van der Waals surface area contributed by atoms with Gasteiger partial charge < -0.3 is 21.3 Å². The molecule has 21 heavy (non-hydrogen) atoms. The number of aromatic nitrogens is 1. The average molecular weight is 311 g/mol. The molecule has 0 atom stereocenters. The van der Waals surface area contributed by atoms with Crippen LogP contribution in [-0.4, -0.2) is 47.4 Å². The second kappa shape index (κ2) is 6.75. The minimum Gasteiger partial charge on any atom is -0.382 e. The third kappa shape index (κ3) is 4.07. The molecular weight excluding hydrogens is 290 g/mol. The van der Waals surface area contributed by atoms with E-state index in [-0.39, 0.29) is 24.2 Å². The highest BCUT2D eigenvalue weighted by Crippen LogP contribution is 2.31. The van der Waals surface area contributed by atoms with Gasteiger partial charge in [0.1, 0.15) is 10.7 Å². The van der Waals surface area contributed by atoms with E-state index in [9.17, 15) is 9.59 Å². The topological polar surface area (TPSA) is 100 Å². The van der Waals surface area contributed by atoms with Crippen LogP contribution < -0.4 is 16.4 Å². The Bertz CT molecular complexity index is 527. The Balaban J connectivity index is 2.05. The zero-order chi connectivity index (χ0) is 15.4. The molecule has 0 bridgehead atoms. The number of thiazole rings is 1. The quantitative estimate of drug-likeness (QED) is 0.694. The van der Waals surface area contributed by atoms with Gasteiger partial charge in [-0.25, -0.2) is 4.98 Å². The van der Waals surface area contributed by atoms with Gasteiger partial charge in [-0.1, -0.05) is 11.3 Å². The number of nitrogens with one attached hydrogen (secondary N) is 2. The van der Waals surface area contributed by atoms with Crippen LogP contribution in [0.25, 0.3) is 0 Å². The molecule has 8 heteroatoms. The predicted octanol–water partition coefficient (Wildman–Crippen LogP) is 0.898. The molecule has 1 aliphatic carbocycles. The van der Waals surface area contributed by atoms with E-state index in [4.69, 9.17) is 5.73 Å². The number of amides is 2. The summed E-state index contributed by atoms with van der Waals surface area (Å²) in [6, 6.07) is 0.455. The third-order valence-electron chi connectivity index (χ3n) is 3.13. The van der Waals surface area contributed by atoms with Gasteiger partial charge in [0.2, 0.25) is 5.91 Å². The number of likely N-dealkylation sites (N-methyl/N-ethyl adjacent to an activating group) is 2. The lowest BCUT2D eigenvalue weighted by molar-refractivity contribution is -0.121. The van der Waals surface area contributed by atoms with Crippen molar-refractivity contribution >= 4 is 34.1 Å². The molecule has 0 unspecified atom stereocenters. The van der Waals surface area contributed by atoms with Gasteiger partial charge in [0, 0.05) is 19.1 Å². The molecule has 2 amide bonds. The smallest absolute Gasteiger partial charge is 0.268 e. The zero-order valence-electron chi connectivity index (χ0n) is 12.3. The molecule has 4 N–H and O–H groups in total. The van der Waals surface area contributed by atoms with E-state index in [1.165, 1.54) is 16.2 Å². The molecule has 0 radical (unpaired) electrons. The Kier molecular flexibility index (Phi) is 5.00. The number of rotatable bonds is 7. The molecule has 1 heterocycles. The number of anilines is 2. The fourth-order valence-electron chi connectivity index (χ4n) is 1.85. The lowest BCUT2D eigenvalue weighted by Crippen LogP contribution is -2.40. The molecule has 1 aliphatic rings. The maximum Gasteiger partial charge on any atom is 0.268 e. The van der Waals surface area contributed by atoms with Gasteiger partial charge in [0.15, 0.2) is 5.13 Å². The minimum atomic E-state index is -0.248. The van der Waals surface area contributed by atoms with Crippen LogP contribution in [0.2, 0.25) is 0 Å². The molecule has 0 spiro atoms. The molecule has 1 aromatic rings. The van der Waals surface area contributed by atoms with Gasteiger partial charge in [0.25, 0.3) is 5.91 Å². The van der Waals surface area contributed by atoms with Crippen LogP contribution in [0.15, 0.2) is 0 Å². The summed E-state index contributed by atoms with van der Waals surface area (Å²) in [6.45, 7) is 4.69. The van der Waals surface area contributed by atoms with Crippen molar-refractivity contribution < 1.29 is 9.59 Å². The van der Waals surface area contributed by atoms with Gasteiger partial charge in [-0.15, -0.1) is 0 Å². The summed E-state index contributed by atoms with van der Waals surface area (Å²) < 4.78 is 0. The first kappa shape index (κ1) is 15.6. The van der Waals surface area contributed by atoms with Crippen molar-refractivity contribution in [1.29, 1.82) is 0 Å². The predicted molar refractivity (Wildman–Crippen MR) is 83.4 cm³/mol. The van der Waals surface area contributed by atoms with Crippen molar-refractivity contribution in [3.8, 4) is 0 Å². The summed E-state index contributed by atoms with van der Waals surface area (Å²) >= 11 is 1.25. The molecule has 1 saturated carbocycles. The van der Waals surface area contributed by atoms with E-state index in [0.29, 0.717) is 29.1 Å². The zero-order valence-corrected chi connectivity index (χ0v) is 13.1. The summed E-state index contributed by atoms with van der Waals surface area (Å²) in [7, 11) is 0. The molecule has 0 saturated heterocycles. The van der Waals surface area contributed by atoms with Crippen LogP contribution in [0, 0.1) is 0 Å². The molecule has 2 rings (SSSR count). The summed E-state index contributed by atoms with van der Waals surface area (Å²) in [4.78, 5) is 30.1. The molecular formula is C13H21N5O2S. The first-order chi connectivity index (χ1) is 10.0. The maximum absolute atomic E-state index is 12.5. The van der Waals surface area contributed by atoms with Gasteiger partial charge in [-0.3, -0.25) is 9.59 Å². The maximum atomic E-state index is 12.5. The van der Waals surface area contributed by atoms with Crippen LogP contribution in [0.3, 0.4) is 0 Å². The number of hydrogen-bond acceptors (Lipinski definition) is 6. The Morgan fingerprint density at radius 1 is 1.43 bits per heavy atom. The number of nitrogens with two attached hydrogens (primary N) is 1. The van der Waals surface area contributed by atoms with E-state index in [2.05, 4.69) is 15.6 Å². The Morgan fingerprint density at radius 2 is 2.14 bits per heavy atom. The fraction of sp³-hybridized carbons (Fsp3) is 0.615. The first-order valence-corrected chi connectivity index (χ1v) is 7.95. The Morgan fingerprint density at radius 3 is 2.71 bits per heavy atom. The van der Waals surface area contributed by atoms with Crippen LogP contribution >= 0.6 is 11.3 Å². The van der Waals surface area contributed by atoms with Crippen molar-refractivity contribution in [3.63, 3.8) is 0 Å². The van der Waals surface area contributed by atoms with E-state index < -0.39 is 0 Å². The van der Waals surface area contributed by atoms with Crippen LogP contribution in [0.1, 0.15) is 36.4 Å². The number of carbonyl (C=O) groups excluding carboxylic acids is 2. The fourth-order valence-corrected chi connectivity index (χ4v) is 2.78. The highest BCUT2D eigenvalue weighted by Gasteiger charge is 2.26. The lowest BCUT2D eigenvalue weighted by atomic mass is 10.3. The van der Waals surface area contributed by atoms with Gasteiger partial charge in [0.05, 0.1) is 6.54 Å². The number of carbonyl (C=O) groups is 2. The van der Waals surface area contributed by atoms with E-state index >= 15 is 0 Å². The van der Waals surface area contributed by atoms with Crippen LogP contribution in [0.4, 0.5) is 10.9 Å². The average Bonchev–Trinajstić information content (AvgIpc) is 3.17. The van der Waals surface area contributed by atoms with Gasteiger partial charge in [-0.2, -0.15) is 0 Å². The monoisotopic (exact) mass is 311 g/mol. The van der Waals surface area contributed by atoms with Crippen molar-refractivity contribution in [3.05, 3.63) is 4.88 Å². The third-order valence-corrected chi connectivity index (χ3v) is 4.12. The van der Waals surface area contributed by atoms with E-state index in [0.717, 1.165) is 12.8 Å². The lowest BCUT2D eigenvalue weighted by Gasteiger charge is -2.19. The van der Waals surface area contributed by atoms with Crippen molar-refractivity contribution in [2.24, 2.45) is 0 Å². The van der Waals surface area contributed by atoms with Crippen LogP contribution in [-0.2, 0) is 4.79 Å². The highest BCUT2D eigenvalue weighted by molar-refractivity contribution is 7.18. The Hall–Kier alpha value is -1.83. The summed E-state index contributed by atoms with van der Waals surface area (Å²) in [5.41, 5.74) is 5.83. The second-order valence-electron chi connectivity index (χ2n) is 4.92. The van der Waals surface area contributed by atoms with E-state index in [1.54, 1.807) is 0 Å². The van der Waals surface area contributed by atoms with Gasteiger partial charge in [-0.05, 0) is 26.7 Å². The summed E-state index contributed by atoms with van der Waals surface area (Å²) in [6.07, 6.45) is 2.25. The number of nitrogens with zero attached hydrogens (tertiary/aromatic N) is 2. The summed E-state index contributed by atoms with van der Waals surface area (Å²) in [5, 5.41) is 6.58. The SMILES string of the molecule is CCNC(=O)CN(CC)C(=O)c1sc(NC2CC2)nc1N. The number of nitrogen functional groups attached to an aromatic ring is 1. The summed E-state index contributed by atoms with van der Waals surface area (Å²) in [5.74, 6) is -0.197. The molecule has 1 aromatic heterocycles. The second-order valence-corrected chi connectivity index (χ2v) is 5.92. The minimum absolute atomic E-state index is 0.0336. The van der Waals surface area contributed by atoms with Crippen molar-refractivity contribution in [2.75, 3.05) is 30.7 Å². The highest BCUT2D eigenvalue weighted by atomic mass is 32.1. The normalized spacial score (nSPS) is 13.8. The van der Waals surface area contributed by atoms with Crippen molar-refractivity contribution in [1.82, 2.24) is 15.2 Å². The van der Waals surface area contributed by atoms with Crippen LogP contribution in [0.5, 0.6) is 0 Å².